The highest BCUT2D eigenvalue weighted by Gasteiger charge is 2.50. The zero-order valence-corrected chi connectivity index (χ0v) is 27.0. The highest BCUT2D eigenvalue weighted by molar-refractivity contribution is 6.35. The maximum absolute atomic E-state index is 15.4. The van der Waals surface area contributed by atoms with Crippen LogP contribution in [0.2, 0.25) is 5.02 Å². The van der Waals surface area contributed by atoms with Gasteiger partial charge in [-0.1, -0.05) is 49.1 Å². The molecule has 240 valence electrons. The van der Waals surface area contributed by atoms with Crippen LogP contribution >= 0.6 is 11.6 Å². The van der Waals surface area contributed by atoms with Crippen molar-refractivity contribution in [2.75, 3.05) is 26.2 Å². The fourth-order valence-electron chi connectivity index (χ4n) is 8.35. The minimum atomic E-state index is -3.01. The Hall–Kier alpha value is -3.04. The Bertz CT molecular complexity index is 1700. The number of aromatic nitrogens is 2. The van der Waals surface area contributed by atoms with E-state index in [1.54, 1.807) is 26.8 Å². The van der Waals surface area contributed by atoms with E-state index in [0.29, 0.717) is 23.5 Å². The third-order valence-corrected chi connectivity index (χ3v) is 10.7. The molecule has 1 saturated carbocycles. The van der Waals surface area contributed by atoms with E-state index in [1.165, 1.54) is 17.5 Å². The Balaban J connectivity index is 1.13. The van der Waals surface area contributed by atoms with Crippen molar-refractivity contribution in [3.63, 3.8) is 0 Å². The zero-order valence-electron chi connectivity index (χ0n) is 26.3. The van der Waals surface area contributed by atoms with Crippen LogP contribution in [0, 0.1) is 0 Å². The molecule has 3 aromatic rings. The number of rotatable bonds is 2. The minimum Gasteiger partial charge on any atom is -0.444 e. The zero-order chi connectivity index (χ0) is 31.7. The van der Waals surface area contributed by atoms with Crippen LogP contribution in [0.15, 0.2) is 41.2 Å². The molecule has 7 rings (SSSR count). The summed E-state index contributed by atoms with van der Waals surface area (Å²) in [5.74, 6) is -1.93. The molecule has 7 nitrogen and oxygen atoms in total. The highest BCUT2D eigenvalue weighted by atomic mass is 35.5. The number of hydrogen-bond donors (Lipinski definition) is 0. The van der Waals surface area contributed by atoms with Crippen LogP contribution in [0.3, 0.4) is 0 Å². The van der Waals surface area contributed by atoms with E-state index in [2.05, 4.69) is 22.8 Å². The van der Waals surface area contributed by atoms with Crippen LogP contribution in [-0.2, 0) is 10.2 Å². The van der Waals surface area contributed by atoms with Crippen molar-refractivity contribution in [2.24, 2.45) is 0 Å². The lowest BCUT2D eigenvalue weighted by Gasteiger charge is -2.45. The van der Waals surface area contributed by atoms with E-state index in [0.717, 1.165) is 60.5 Å². The summed E-state index contributed by atoms with van der Waals surface area (Å²) in [6.45, 7) is 6.04. The van der Waals surface area contributed by atoms with Crippen LogP contribution in [0.5, 0.6) is 0 Å². The van der Waals surface area contributed by atoms with Gasteiger partial charge in [0.15, 0.2) is 0 Å². The smallest absolute Gasteiger partial charge is 0.410 e. The Morgan fingerprint density at radius 2 is 1.76 bits per heavy atom. The molecule has 3 fully saturated rings. The van der Waals surface area contributed by atoms with Gasteiger partial charge in [-0.2, -0.15) is 4.98 Å². The second-order valence-corrected chi connectivity index (χ2v) is 14.8. The first-order valence-electron chi connectivity index (χ1n) is 16.3. The summed E-state index contributed by atoms with van der Waals surface area (Å²) in [6.07, 6.45) is 6.32. The van der Waals surface area contributed by atoms with E-state index in [4.69, 9.17) is 21.3 Å². The second-order valence-electron chi connectivity index (χ2n) is 14.4. The summed E-state index contributed by atoms with van der Waals surface area (Å²) >= 11 is 6.50. The number of carbonyl (C=O) groups excluding carboxylic acids is 1. The molecule has 1 spiro atoms. The van der Waals surface area contributed by atoms with Gasteiger partial charge in [-0.25, -0.2) is 13.6 Å². The van der Waals surface area contributed by atoms with Gasteiger partial charge in [0.1, 0.15) is 11.4 Å². The molecule has 0 bridgehead atoms. The van der Waals surface area contributed by atoms with Gasteiger partial charge in [0.25, 0.3) is 11.5 Å². The van der Waals surface area contributed by atoms with Crippen molar-refractivity contribution in [1.82, 2.24) is 19.4 Å². The van der Waals surface area contributed by atoms with E-state index >= 15 is 8.78 Å². The molecule has 2 aromatic carbocycles. The summed E-state index contributed by atoms with van der Waals surface area (Å²) in [5, 5.41) is 0.864. The van der Waals surface area contributed by atoms with Crippen LogP contribution in [0.1, 0.15) is 95.0 Å². The fourth-order valence-corrected chi connectivity index (χ4v) is 8.60. The average molecular weight is 639 g/mol. The van der Waals surface area contributed by atoms with Crippen LogP contribution in [0.25, 0.3) is 16.6 Å². The molecule has 1 aliphatic carbocycles. The van der Waals surface area contributed by atoms with Crippen molar-refractivity contribution in [2.45, 2.75) is 101 Å². The molecule has 4 aliphatic rings. The topological polar surface area (TPSA) is 67.7 Å². The predicted octanol–water partition coefficient (Wildman–Crippen LogP) is 7.43. The summed E-state index contributed by atoms with van der Waals surface area (Å²) < 4.78 is 38.4. The molecule has 0 radical (unpaired) electrons. The number of fused-ring (bicyclic) bond motifs is 7. The standard InChI is InChI=1S/C35H41ClF2N4O3/c1-33(2,3)45-32(44)41-19-14-28(35(37,38)21-41)40-17-12-22(13-18-40)23-10-11-26-24(20-23)34(15-5-4-6-16-34)31-39-30(43)29-25(36)8-7-9-27(29)42(26)31/h7-11,20,22,28H,4-6,12-19,21H2,1-3H3. The Morgan fingerprint density at radius 3 is 2.44 bits per heavy atom. The lowest BCUT2D eigenvalue weighted by molar-refractivity contribution is -0.129. The number of nitrogens with zero attached hydrogens (tertiary/aromatic N) is 4. The van der Waals surface area contributed by atoms with Gasteiger partial charge in [0.05, 0.1) is 39.6 Å². The van der Waals surface area contributed by atoms with Crippen molar-refractivity contribution in [3.05, 3.63) is 68.7 Å². The molecule has 1 atom stereocenters. The van der Waals surface area contributed by atoms with Crippen molar-refractivity contribution >= 4 is 28.6 Å². The second kappa shape index (κ2) is 11.0. The maximum Gasteiger partial charge on any atom is 0.410 e. The number of piperidine rings is 2. The maximum atomic E-state index is 15.4. The third kappa shape index (κ3) is 5.24. The first kappa shape index (κ1) is 30.6. The molecule has 10 heteroatoms. The van der Waals surface area contributed by atoms with Gasteiger partial charge < -0.3 is 9.64 Å². The van der Waals surface area contributed by atoms with E-state index in [-0.39, 0.29) is 29.9 Å². The van der Waals surface area contributed by atoms with Crippen LogP contribution in [0.4, 0.5) is 13.6 Å². The number of likely N-dealkylation sites (tertiary alicyclic amines) is 2. The SMILES string of the molecule is CC(C)(C)OC(=O)N1CCC(N2CCC(c3ccc4c(c3)C3(CCCCC3)c3nc(=O)c5c(Cl)cccc5n3-4)CC2)C(F)(F)C1. The van der Waals surface area contributed by atoms with Crippen molar-refractivity contribution in [3.8, 4) is 5.69 Å². The largest absolute Gasteiger partial charge is 0.444 e. The average Bonchev–Trinajstić information content (AvgIpc) is 3.24. The van der Waals surface area contributed by atoms with Gasteiger partial charge in [0, 0.05) is 6.54 Å². The predicted molar refractivity (Wildman–Crippen MR) is 171 cm³/mol. The minimum absolute atomic E-state index is 0.223. The highest BCUT2D eigenvalue weighted by Crippen LogP contribution is 2.52. The Morgan fingerprint density at radius 1 is 1.02 bits per heavy atom. The molecule has 1 aromatic heterocycles. The first-order chi connectivity index (χ1) is 21.4. The summed E-state index contributed by atoms with van der Waals surface area (Å²) in [5.41, 5.74) is 2.98. The van der Waals surface area contributed by atoms with E-state index in [1.807, 2.05) is 17.0 Å². The lowest BCUT2D eigenvalue weighted by Crippen LogP contribution is -2.60. The monoisotopic (exact) mass is 638 g/mol. The molecular formula is C35H41ClF2N4O3. The summed E-state index contributed by atoms with van der Waals surface area (Å²) in [4.78, 5) is 33.5. The van der Waals surface area contributed by atoms with E-state index in [9.17, 15) is 9.59 Å². The Labute approximate surface area is 267 Å². The lowest BCUT2D eigenvalue weighted by atomic mass is 9.69. The van der Waals surface area contributed by atoms with E-state index < -0.39 is 30.2 Å². The van der Waals surface area contributed by atoms with Crippen molar-refractivity contribution < 1.29 is 18.3 Å². The number of halogens is 3. The third-order valence-electron chi connectivity index (χ3n) is 10.4. The normalized spacial score (nSPS) is 23.2. The van der Waals surface area contributed by atoms with Gasteiger partial charge in [-0.3, -0.25) is 14.3 Å². The quantitative estimate of drug-likeness (QED) is 0.292. The number of hydrogen-bond acceptors (Lipinski definition) is 5. The number of benzene rings is 2. The molecule has 45 heavy (non-hydrogen) atoms. The number of alkyl halides is 2. The number of ether oxygens (including phenoxy) is 1. The van der Waals surface area contributed by atoms with Gasteiger partial charge >= 0.3 is 6.09 Å². The van der Waals surface area contributed by atoms with Crippen molar-refractivity contribution in [1.29, 1.82) is 0 Å². The molecule has 1 unspecified atom stereocenters. The molecule has 3 aliphatic heterocycles. The molecule has 0 N–H and O–H groups in total. The molecule has 4 heterocycles. The summed E-state index contributed by atoms with van der Waals surface area (Å²) in [7, 11) is 0. The van der Waals surface area contributed by atoms with Gasteiger partial charge in [-0.15, -0.1) is 0 Å². The van der Waals surface area contributed by atoms with Gasteiger partial charge in [-0.05, 0) is 101 Å². The molecule has 1 amide bonds. The number of carbonyl (C=O) groups is 1. The van der Waals surface area contributed by atoms with Crippen LogP contribution in [-0.4, -0.2) is 69.2 Å². The van der Waals surface area contributed by atoms with Crippen LogP contribution < -0.4 is 5.56 Å². The fraction of sp³-hybridized carbons (Fsp3) is 0.571. The Kier molecular flexibility index (Phi) is 7.51. The number of amides is 1. The first-order valence-corrected chi connectivity index (χ1v) is 16.7. The van der Waals surface area contributed by atoms with Gasteiger partial charge in [0.2, 0.25) is 0 Å². The molecule has 2 saturated heterocycles. The summed E-state index contributed by atoms with van der Waals surface area (Å²) in [6, 6.07) is 11.4. The molecular weight excluding hydrogens is 598 g/mol.